The van der Waals surface area contributed by atoms with Crippen LogP contribution < -0.4 is 14.4 Å². The molecule has 4 nitrogen and oxygen atoms in total. The molecule has 0 saturated heterocycles. The van der Waals surface area contributed by atoms with Gasteiger partial charge in [0.05, 0.1) is 0 Å². The van der Waals surface area contributed by atoms with E-state index in [1.165, 1.54) is 66.9 Å². The second kappa shape index (κ2) is 10.8. The zero-order valence-corrected chi connectivity index (χ0v) is 26.5. The van der Waals surface area contributed by atoms with E-state index in [1.807, 2.05) is 0 Å². The molecule has 218 valence electrons. The second-order valence-corrected chi connectivity index (χ2v) is 13.2. The van der Waals surface area contributed by atoms with E-state index >= 15 is 0 Å². The predicted octanol–water partition coefficient (Wildman–Crippen LogP) is 8.28. The van der Waals surface area contributed by atoms with Crippen molar-refractivity contribution in [1.29, 1.82) is 0 Å². The van der Waals surface area contributed by atoms with Crippen LogP contribution in [0, 0.1) is 34.6 Å². The smallest absolute Gasteiger partial charge is 0.161 e. The fourth-order valence-electron chi connectivity index (χ4n) is 6.62. The van der Waals surface area contributed by atoms with Gasteiger partial charge in [-0.2, -0.15) is 0 Å². The maximum atomic E-state index is 6.41. The molecule has 0 aliphatic carbocycles. The van der Waals surface area contributed by atoms with Crippen LogP contribution in [0.1, 0.15) is 75.0 Å². The van der Waals surface area contributed by atoms with Crippen molar-refractivity contribution < 1.29 is 9.47 Å². The number of hydrogen-bond acceptors (Lipinski definition) is 4. The van der Waals surface area contributed by atoms with E-state index in [4.69, 9.17) is 9.47 Å². The van der Waals surface area contributed by atoms with Crippen molar-refractivity contribution in [3.8, 4) is 11.5 Å². The van der Waals surface area contributed by atoms with Gasteiger partial charge in [0, 0.05) is 35.3 Å². The summed E-state index contributed by atoms with van der Waals surface area (Å²) < 4.78 is 12.5. The number of ether oxygens (including phenoxy) is 2. The quantitative estimate of drug-likeness (QED) is 0.245. The molecule has 0 saturated carbocycles. The Bertz CT molecular complexity index is 1670. The fourth-order valence-corrected chi connectivity index (χ4v) is 6.62. The van der Waals surface area contributed by atoms with Crippen molar-refractivity contribution in [3.63, 3.8) is 0 Å². The Kier molecular flexibility index (Phi) is 7.31. The molecule has 0 bridgehead atoms. The molecule has 0 N–H and O–H groups in total. The van der Waals surface area contributed by atoms with Gasteiger partial charge in [0.1, 0.15) is 18.2 Å². The van der Waals surface area contributed by atoms with E-state index in [-0.39, 0.29) is 5.41 Å². The molecule has 0 amide bonds. The van der Waals surface area contributed by atoms with E-state index in [1.54, 1.807) is 0 Å². The minimum atomic E-state index is -0.163. The van der Waals surface area contributed by atoms with E-state index in [0.29, 0.717) is 13.5 Å². The SMILES string of the molecule is Cc1ccc(Cc2ccc(N3COc4c(C)cc(C(C)(C)c5cc(C)c6c(c5)CN(C)CO6)cc4C3)c(C)c2)cc1C. The van der Waals surface area contributed by atoms with E-state index < -0.39 is 0 Å². The number of benzene rings is 4. The molecule has 4 aromatic rings. The van der Waals surface area contributed by atoms with Crippen LogP contribution in [0.5, 0.6) is 11.5 Å². The molecule has 6 rings (SSSR count). The highest BCUT2D eigenvalue weighted by molar-refractivity contribution is 5.59. The Balaban J connectivity index is 1.26. The lowest BCUT2D eigenvalue weighted by Gasteiger charge is -2.35. The average molecular weight is 561 g/mol. The van der Waals surface area contributed by atoms with Crippen molar-refractivity contribution in [1.82, 2.24) is 4.90 Å². The first-order chi connectivity index (χ1) is 20.0. The first-order valence-electron chi connectivity index (χ1n) is 15.1. The zero-order valence-electron chi connectivity index (χ0n) is 26.5. The first kappa shape index (κ1) is 28.4. The minimum Gasteiger partial charge on any atom is -0.478 e. The first-order valence-corrected chi connectivity index (χ1v) is 15.1. The van der Waals surface area contributed by atoms with Crippen LogP contribution in [0.3, 0.4) is 0 Å². The fraction of sp³-hybridized carbons (Fsp3) is 0.368. The Hall–Kier alpha value is -3.76. The minimum absolute atomic E-state index is 0.163. The monoisotopic (exact) mass is 560 g/mol. The molecule has 42 heavy (non-hydrogen) atoms. The van der Waals surface area contributed by atoms with Gasteiger partial charge in [0.25, 0.3) is 0 Å². The number of hydrogen-bond donors (Lipinski definition) is 0. The maximum Gasteiger partial charge on any atom is 0.161 e. The van der Waals surface area contributed by atoms with Crippen LogP contribution in [0.4, 0.5) is 5.69 Å². The summed E-state index contributed by atoms with van der Waals surface area (Å²) in [5, 5.41) is 0. The summed E-state index contributed by atoms with van der Waals surface area (Å²) in [5.41, 5.74) is 15.3. The van der Waals surface area contributed by atoms with Gasteiger partial charge in [-0.25, -0.2) is 0 Å². The second-order valence-electron chi connectivity index (χ2n) is 13.2. The standard InChI is InChI=1S/C38H44N2O2/c1-24-9-10-29(13-25(24)2)17-30-11-12-35(26(3)14-30)40-21-32-19-34(16-28(5)37(32)42-23-40)38(6,7)33-15-27(4)36-31(18-33)20-39(8)22-41-36/h9-16,18-19H,17,20-23H2,1-8H3. The van der Waals surface area contributed by atoms with Gasteiger partial charge in [0.15, 0.2) is 6.73 Å². The summed E-state index contributed by atoms with van der Waals surface area (Å²) in [5.74, 6) is 2.08. The number of fused-ring (bicyclic) bond motifs is 2. The molecule has 2 aliphatic rings. The van der Waals surface area contributed by atoms with E-state index in [0.717, 1.165) is 31.0 Å². The summed E-state index contributed by atoms with van der Waals surface area (Å²) in [7, 11) is 2.11. The number of anilines is 1. The lowest BCUT2D eigenvalue weighted by atomic mass is 9.75. The van der Waals surface area contributed by atoms with Gasteiger partial charge in [0.2, 0.25) is 0 Å². The van der Waals surface area contributed by atoms with Gasteiger partial charge < -0.3 is 14.4 Å². The summed E-state index contributed by atoms with van der Waals surface area (Å²) in [6.45, 7) is 18.6. The predicted molar refractivity (Wildman–Crippen MR) is 173 cm³/mol. The number of nitrogens with zero attached hydrogens (tertiary/aromatic N) is 2. The normalized spacial score (nSPS) is 15.1. The van der Waals surface area contributed by atoms with Crippen LogP contribution >= 0.6 is 0 Å². The molecule has 0 fully saturated rings. The topological polar surface area (TPSA) is 24.9 Å². The van der Waals surface area contributed by atoms with Gasteiger partial charge >= 0.3 is 0 Å². The van der Waals surface area contributed by atoms with Crippen molar-refractivity contribution >= 4 is 5.69 Å². The highest BCUT2D eigenvalue weighted by atomic mass is 16.5. The Morgan fingerprint density at radius 2 is 1.19 bits per heavy atom. The summed E-state index contributed by atoms with van der Waals surface area (Å²) in [6.07, 6.45) is 0.948. The number of aryl methyl sites for hydroxylation is 5. The summed E-state index contributed by atoms with van der Waals surface area (Å²) in [6, 6.07) is 23.0. The molecule has 0 aromatic heterocycles. The molecule has 2 heterocycles. The lowest BCUT2D eigenvalue weighted by Crippen LogP contribution is -2.33. The Morgan fingerprint density at radius 3 is 1.81 bits per heavy atom. The molecule has 4 heteroatoms. The largest absolute Gasteiger partial charge is 0.478 e. The maximum absolute atomic E-state index is 6.41. The molecular weight excluding hydrogens is 516 g/mol. The molecule has 2 aliphatic heterocycles. The third kappa shape index (κ3) is 5.29. The molecule has 0 radical (unpaired) electrons. The lowest BCUT2D eigenvalue weighted by molar-refractivity contribution is 0.120. The third-order valence-electron chi connectivity index (χ3n) is 9.32. The Morgan fingerprint density at radius 1 is 0.619 bits per heavy atom. The highest BCUT2D eigenvalue weighted by Crippen LogP contribution is 2.41. The van der Waals surface area contributed by atoms with Crippen molar-refractivity contribution in [2.24, 2.45) is 0 Å². The Labute approximate surface area is 251 Å². The third-order valence-corrected chi connectivity index (χ3v) is 9.32. The van der Waals surface area contributed by atoms with Crippen LogP contribution in [-0.2, 0) is 24.9 Å². The van der Waals surface area contributed by atoms with Gasteiger partial charge in [-0.1, -0.05) is 56.3 Å². The van der Waals surface area contributed by atoms with Crippen molar-refractivity contribution in [2.75, 3.05) is 25.4 Å². The van der Waals surface area contributed by atoms with Crippen LogP contribution in [0.25, 0.3) is 0 Å². The molecular formula is C38H44N2O2. The van der Waals surface area contributed by atoms with Crippen molar-refractivity contribution in [3.05, 3.63) is 122 Å². The summed E-state index contributed by atoms with van der Waals surface area (Å²) in [4.78, 5) is 4.58. The van der Waals surface area contributed by atoms with Crippen LogP contribution in [-0.4, -0.2) is 25.4 Å². The van der Waals surface area contributed by atoms with E-state index in [9.17, 15) is 0 Å². The van der Waals surface area contributed by atoms with Crippen LogP contribution in [0.2, 0.25) is 0 Å². The van der Waals surface area contributed by atoms with Gasteiger partial charge in [-0.15, -0.1) is 0 Å². The van der Waals surface area contributed by atoms with Crippen molar-refractivity contribution in [2.45, 2.75) is 73.4 Å². The van der Waals surface area contributed by atoms with Gasteiger partial charge in [-0.3, -0.25) is 4.90 Å². The molecule has 0 unspecified atom stereocenters. The molecule has 0 atom stereocenters. The summed E-state index contributed by atoms with van der Waals surface area (Å²) >= 11 is 0. The zero-order chi connectivity index (χ0) is 29.8. The number of rotatable bonds is 5. The highest BCUT2D eigenvalue weighted by Gasteiger charge is 2.30. The average Bonchev–Trinajstić information content (AvgIpc) is 2.94. The van der Waals surface area contributed by atoms with Gasteiger partial charge in [-0.05, 0) is 116 Å². The molecule has 4 aromatic carbocycles. The van der Waals surface area contributed by atoms with Crippen LogP contribution in [0.15, 0.2) is 60.7 Å². The molecule has 0 spiro atoms. The van der Waals surface area contributed by atoms with E-state index in [2.05, 4.69) is 126 Å².